The van der Waals surface area contributed by atoms with Crippen LogP contribution in [0.5, 0.6) is 11.5 Å². The zero-order chi connectivity index (χ0) is 24.9. The molecule has 1 aliphatic rings. The molecule has 2 rings (SSSR count). The predicted octanol–water partition coefficient (Wildman–Crippen LogP) is 4.32. The first-order chi connectivity index (χ1) is 15.3. The smallest absolute Gasteiger partial charge is 0.239 e. The highest BCUT2D eigenvalue weighted by Crippen LogP contribution is 2.40. The lowest BCUT2D eigenvalue weighted by atomic mass is 9.98. The Morgan fingerprint density at radius 2 is 1.94 bits per heavy atom. The maximum Gasteiger partial charge on any atom is 0.239 e. The van der Waals surface area contributed by atoms with Gasteiger partial charge in [0.15, 0.2) is 5.78 Å². The number of nitrogens with two attached hydrogens (primary N) is 1. The summed E-state index contributed by atoms with van der Waals surface area (Å²) in [7, 11) is 0. The van der Waals surface area contributed by atoms with E-state index in [0.717, 1.165) is 24.0 Å². The van der Waals surface area contributed by atoms with Gasteiger partial charge in [0.25, 0.3) is 0 Å². The molecule has 0 aromatic heterocycles. The van der Waals surface area contributed by atoms with E-state index in [1.165, 1.54) is 6.21 Å². The summed E-state index contributed by atoms with van der Waals surface area (Å²) in [5, 5.41) is 21.3. The van der Waals surface area contributed by atoms with Crippen LogP contribution < -0.4 is 5.73 Å². The number of aliphatic imine (C=N–C) groups is 1. The van der Waals surface area contributed by atoms with E-state index in [4.69, 9.17) is 22.1 Å². The molecule has 1 heterocycles. The van der Waals surface area contributed by atoms with Crippen LogP contribution in [-0.2, 0) is 20.7 Å². The normalized spacial score (nSPS) is 19.0. The van der Waals surface area contributed by atoms with Gasteiger partial charge in [-0.25, -0.2) is 0 Å². The fourth-order valence-corrected chi connectivity index (χ4v) is 3.84. The van der Waals surface area contributed by atoms with Crippen molar-refractivity contribution in [3.05, 3.63) is 45.0 Å². The number of ketones is 1. The Hall–Kier alpha value is -2.64. The number of phenolic OH excluding ortho intramolecular Hbond substituents is 2. The summed E-state index contributed by atoms with van der Waals surface area (Å²) >= 11 is 6.25. The Morgan fingerprint density at radius 1 is 1.27 bits per heavy atom. The Morgan fingerprint density at radius 3 is 2.52 bits per heavy atom. The number of Topliss-reactive ketones (excluding diaryl/α,β-unsaturated/α-hetero) is 1. The third-order valence-corrected chi connectivity index (χ3v) is 6.34. The van der Waals surface area contributed by atoms with Crippen LogP contribution in [0.15, 0.2) is 28.3 Å². The summed E-state index contributed by atoms with van der Waals surface area (Å²) in [6.07, 6.45) is 7.41. The van der Waals surface area contributed by atoms with Crippen molar-refractivity contribution in [2.24, 2.45) is 10.7 Å². The minimum atomic E-state index is -0.724. The summed E-state index contributed by atoms with van der Waals surface area (Å²) in [6.45, 7) is 8.98. The summed E-state index contributed by atoms with van der Waals surface area (Å²) in [4.78, 5) is 26.8. The molecular weight excluding hydrogens is 444 g/mol. The van der Waals surface area contributed by atoms with Crippen molar-refractivity contribution in [2.75, 3.05) is 6.54 Å². The van der Waals surface area contributed by atoms with Crippen LogP contribution in [0.4, 0.5) is 0 Å². The molecule has 0 unspecified atom stereocenters. The van der Waals surface area contributed by atoms with Gasteiger partial charge in [0, 0.05) is 23.8 Å². The molecule has 0 aliphatic carbocycles. The zero-order valence-corrected chi connectivity index (χ0v) is 20.6. The molecule has 8 heteroatoms. The number of halogens is 1. The molecule has 1 atom stereocenters. The molecule has 33 heavy (non-hydrogen) atoms. The molecule has 0 saturated carbocycles. The summed E-state index contributed by atoms with van der Waals surface area (Å²) < 4.78 is 5.85. The fraction of sp³-hybridized carbons (Fsp3) is 0.480. The number of nitrogens with zero attached hydrogens (tertiary/aromatic N) is 1. The first-order valence-electron chi connectivity index (χ1n) is 10.9. The number of hydrogen-bond donors (Lipinski definition) is 3. The second kappa shape index (κ2) is 11.0. The number of ether oxygens (including phenoxy) is 1. The van der Waals surface area contributed by atoms with E-state index in [0.29, 0.717) is 17.5 Å². The second-order valence-corrected chi connectivity index (χ2v) is 9.33. The number of phenols is 2. The molecule has 1 aromatic carbocycles. The Balaban J connectivity index is 2.09. The molecule has 1 aromatic rings. The topological polar surface area (TPSA) is 122 Å². The van der Waals surface area contributed by atoms with Gasteiger partial charge in [-0.2, -0.15) is 0 Å². The molecule has 1 fully saturated rings. The first-order valence-corrected chi connectivity index (χ1v) is 11.3. The monoisotopic (exact) mass is 476 g/mol. The maximum atomic E-state index is 12.0. The highest BCUT2D eigenvalue weighted by molar-refractivity contribution is 6.33. The third kappa shape index (κ3) is 6.68. The molecule has 0 bridgehead atoms. The number of carbonyl (C=O) groups is 2. The number of rotatable bonds is 9. The van der Waals surface area contributed by atoms with Crippen LogP contribution >= 0.6 is 11.6 Å². The van der Waals surface area contributed by atoms with Crippen molar-refractivity contribution in [2.45, 2.75) is 72.0 Å². The van der Waals surface area contributed by atoms with Crippen LogP contribution in [0.2, 0.25) is 5.02 Å². The van der Waals surface area contributed by atoms with E-state index in [1.54, 1.807) is 20.8 Å². The number of aromatic hydroxyl groups is 2. The van der Waals surface area contributed by atoms with Gasteiger partial charge in [0.2, 0.25) is 5.91 Å². The second-order valence-electron chi connectivity index (χ2n) is 8.95. The number of carbonyl (C=O) groups excluding carboxylic acids is 2. The van der Waals surface area contributed by atoms with E-state index in [1.807, 2.05) is 19.9 Å². The van der Waals surface area contributed by atoms with Crippen molar-refractivity contribution >= 4 is 29.5 Å². The minimum absolute atomic E-state index is 0.117. The van der Waals surface area contributed by atoms with Crippen molar-refractivity contribution in [3.8, 4) is 11.5 Å². The minimum Gasteiger partial charge on any atom is -0.507 e. The molecule has 1 saturated heterocycles. The van der Waals surface area contributed by atoms with Gasteiger partial charge in [-0.05, 0) is 65.0 Å². The van der Waals surface area contributed by atoms with Gasteiger partial charge in [0.1, 0.15) is 23.6 Å². The van der Waals surface area contributed by atoms with Gasteiger partial charge in [-0.3, -0.25) is 14.6 Å². The van der Waals surface area contributed by atoms with Crippen LogP contribution in [-0.4, -0.2) is 46.4 Å². The Bertz CT molecular complexity index is 1020. The number of allylic oxidation sites excluding steroid dienone is 3. The molecule has 180 valence electrons. The maximum absolute atomic E-state index is 12.0. The molecule has 0 spiro atoms. The molecule has 4 N–H and O–H groups in total. The molecule has 1 aliphatic heterocycles. The largest absolute Gasteiger partial charge is 0.507 e. The molecule has 7 nitrogen and oxygen atoms in total. The van der Waals surface area contributed by atoms with Crippen LogP contribution in [0.3, 0.4) is 0 Å². The number of primary amides is 1. The van der Waals surface area contributed by atoms with Crippen LogP contribution in [0.25, 0.3) is 0 Å². The van der Waals surface area contributed by atoms with Crippen molar-refractivity contribution in [1.82, 2.24) is 0 Å². The van der Waals surface area contributed by atoms with E-state index >= 15 is 0 Å². The zero-order valence-electron chi connectivity index (χ0n) is 19.9. The summed E-state index contributed by atoms with van der Waals surface area (Å²) in [5.74, 6) is -0.782. The fourth-order valence-electron chi connectivity index (χ4n) is 3.63. The Kier molecular flexibility index (Phi) is 8.86. The Labute approximate surface area is 200 Å². The lowest BCUT2D eigenvalue weighted by Crippen LogP contribution is -2.27. The van der Waals surface area contributed by atoms with Crippen LogP contribution in [0.1, 0.15) is 63.6 Å². The van der Waals surface area contributed by atoms with Gasteiger partial charge < -0.3 is 20.7 Å². The quantitative estimate of drug-likeness (QED) is 0.362. The average molecular weight is 477 g/mol. The van der Waals surface area contributed by atoms with Gasteiger partial charge in [0.05, 0.1) is 11.1 Å². The van der Waals surface area contributed by atoms with E-state index < -0.39 is 11.5 Å². The molecule has 1 amide bonds. The summed E-state index contributed by atoms with van der Waals surface area (Å²) in [6, 6.07) is 0. The molecular formula is C25H33ClN2O5. The van der Waals surface area contributed by atoms with Gasteiger partial charge in [-0.1, -0.05) is 29.3 Å². The van der Waals surface area contributed by atoms with Gasteiger partial charge >= 0.3 is 0 Å². The standard InChI is InChI=1S/C25H33ClN2O5/c1-14(7-6-8-15(2)19-11-20(29)25(4,5)33-19)9-10-17-23(31)18(12-28-13-21(27)30)16(3)22(26)24(17)32/h8-9,12,19,31-32H,6-7,10-11,13H2,1-5H3,(H2,27,30)/t19-/m0/s1. The third-order valence-electron chi connectivity index (χ3n) is 5.88. The SMILES string of the molecule is CC(=CCc1c(O)c(Cl)c(C)c(C=NCC(N)=O)c1O)CCC=C(C)[C@@H]1CC(=O)C(C)(C)O1. The lowest BCUT2D eigenvalue weighted by Gasteiger charge is -2.18. The number of hydrogen-bond acceptors (Lipinski definition) is 6. The van der Waals surface area contributed by atoms with Crippen molar-refractivity contribution in [1.29, 1.82) is 0 Å². The average Bonchev–Trinajstić information content (AvgIpc) is 3.01. The van der Waals surface area contributed by atoms with E-state index in [2.05, 4.69) is 11.1 Å². The predicted molar refractivity (Wildman–Crippen MR) is 130 cm³/mol. The van der Waals surface area contributed by atoms with E-state index in [9.17, 15) is 19.8 Å². The van der Waals surface area contributed by atoms with Crippen molar-refractivity contribution in [3.63, 3.8) is 0 Å². The highest BCUT2D eigenvalue weighted by atomic mass is 35.5. The number of amides is 1. The van der Waals surface area contributed by atoms with Crippen LogP contribution in [0, 0.1) is 6.92 Å². The lowest BCUT2D eigenvalue weighted by molar-refractivity contribution is -0.129. The summed E-state index contributed by atoms with van der Waals surface area (Å²) in [5.41, 5.74) is 7.57. The first kappa shape index (κ1) is 26.6. The van der Waals surface area contributed by atoms with Gasteiger partial charge in [-0.15, -0.1) is 0 Å². The van der Waals surface area contributed by atoms with E-state index in [-0.39, 0.29) is 46.9 Å². The number of benzene rings is 1. The molecule has 0 radical (unpaired) electrons. The van der Waals surface area contributed by atoms with Crippen molar-refractivity contribution < 1.29 is 24.5 Å². The highest BCUT2D eigenvalue weighted by Gasteiger charge is 2.40.